The van der Waals surface area contributed by atoms with E-state index in [1.807, 2.05) is 29.3 Å². The minimum Gasteiger partial charge on any atom is -0.507 e. The molecule has 6 heteroatoms. The fourth-order valence-corrected chi connectivity index (χ4v) is 6.50. The molecule has 0 saturated heterocycles. The molecule has 1 N–H and O–H groups in total. The van der Waals surface area contributed by atoms with Crippen LogP contribution in [0.3, 0.4) is 0 Å². The van der Waals surface area contributed by atoms with Crippen molar-refractivity contribution in [2.75, 3.05) is 11.4 Å². The van der Waals surface area contributed by atoms with Gasteiger partial charge in [-0.15, -0.1) is 28.3 Å². The molecule has 5 aromatic rings. The van der Waals surface area contributed by atoms with Crippen molar-refractivity contribution in [1.82, 2.24) is 4.98 Å². The molecule has 194 valence electrons. The first-order valence-electron chi connectivity index (χ1n) is 12.5. The molecule has 1 aromatic heterocycles. The number of aryl methyl sites for hydroxylation is 1. The fraction of sp³-hybridized carbons (Fsp3) is 0.156. The summed E-state index contributed by atoms with van der Waals surface area (Å²) in [5.41, 5.74) is 6.34. The molecule has 0 fully saturated rings. The first-order chi connectivity index (χ1) is 18.1. The average Bonchev–Trinajstić information content (AvgIpc) is 3.61. The summed E-state index contributed by atoms with van der Waals surface area (Å²) in [6.07, 6.45) is 7.02. The van der Waals surface area contributed by atoms with Gasteiger partial charge in [0.05, 0.1) is 16.2 Å². The van der Waals surface area contributed by atoms with E-state index < -0.39 is 0 Å². The van der Waals surface area contributed by atoms with E-state index >= 15 is 0 Å². The molecule has 0 atom stereocenters. The monoisotopic (exact) mass is 602 g/mol. The Kier molecular flexibility index (Phi) is 9.31. The molecule has 1 aliphatic heterocycles. The number of aromatic hydroxyl groups is 1. The van der Waals surface area contributed by atoms with E-state index in [0.29, 0.717) is 5.75 Å². The van der Waals surface area contributed by atoms with Crippen LogP contribution in [0.2, 0.25) is 0 Å². The Morgan fingerprint density at radius 2 is 1.71 bits per heavy atom. The van der Waals surface area contributed by atoms with Crippen molar-refractivity contribution < 1.29 is 5.11 Å². The molecule has 0 radical (unpaired) electrons. The molecule has 38 heavy (non-hydrogen) atoms. The van der Waals surface area contributed by atoms with Gasteiger partial charge in [-0.3, -0.25) is 4.98 Å². The van der Waals surface area contributed by atoms with Crippen LogP contribution in [0.1, 0.15) is 31.9 Å². The van der Waals surface area contributed by atoms with E-state index in [4.69, 9.17) is 0 Å². The molecule has 0 amide bonds. The normalized spacial score (nSPS) is 13.8. The molecule has 1 aliphatic rings. The third kappa shape index (κ3) is 5.68. The number of benzene rings is 4. The van der Waals surface area contributed by atoms with Crippen LogP contribution in [0, 0.1) is 0 Å². The summed E-state index contributed by atoms with van der Waals surface area (Å²) in [4.78, 5) is 7.44. The Morgan fingerprint density at radius 1 is 0.974 bits per heavy atom. The van der Waals surface area contributed by atoms with Gasteiger partial charge in [0.1, 0.15) is 5.75 Å². The van der Waals surface area contributed by atoms with Crippen LogP contribution in [0.15, 0.2) is 105 Å². The van der Waals surface area contributed by atoms with Gasteiger partial charge in [-0.25, -0.2) is 0 Å². The highest BCUT2D eigenvalue weighted by Crippen LogP contribution is 2.49. The Balaban J connectivity index is 0.000000504. The van der Waals surface area contributed by atoms with Gasteiger partial charge in [0.15, 0.2) is 0 Å². The number of fused-ring (bicyclic) bond motifs is 4. The van der Waals surface area contributed by atoms with Crippen LogP contribution < -0.4 is 4.90 Å². The Bertz CT molecular complexity index is 1590. The maximum atomic E-state index is 10.8. The highest BCUT2D eigenvalue weighted by Gasteiger charge is 2.26. The van der Waals surface area contributed by atoms with Crippen molar-refractivity contribution in [2.24, 2.45) is 0 Å². The zero-order chi connectivity index (χ0) is 25.8. The van der Waals surface area contributed by atoms with Gasteiger partial charge < -0.3 is 10.0 Å². The second kappa shape index (κ2) is 12.7. The first kappa shape index (κ1) is 28.0. The highest BCUT2D eigenvalue weighted by atomic mass is 79.9. The van der Waals surface area contributed by atoms with Crippen LogP contribution >= 0.6 is 40.1 Å². The lowest BCUT2D eigenvalue weighted by molar-refractivity contribution is 0.474. The molecule has 0 bridgehead atoms. The maximum absolute atomic E-state index is 10.8. The minimum absolute atomic E-state index is 0. The fourth-order valence-electron chi connectivity index (χ4n) is 4.90. The number of allylic oxidation sites excluding steroid dienone is 2. The summed E-state index contributed by atoms with van der Waals surface area (Å²) in [5.74, 6) is 0.346. The van der Waals surface area contributed by atoms with E-state index in [1.165, 1.54) is 37.3 Å². The molecule has 0 spiro atoms. The molecular weight excluding hydrogens is 572 g/mol. The van der Waals surface area contributed by atoms with Crippen molar-refractivity contribution in [3.8, 4) is 5.75 Å². The van der Waals surface area contributed by atoms with Gasteiger partial charge >= 0.3 is 0 Å². The third-order valence-corrected chi connectivity index (χ3v) is 8.15. The summed E-state index contributed by atoms with van der Waals surface area (Å²) in [6, 6.07) is 23.2. The lowest BCUT2D eigenvalue weighted by Gasteiger charge is -2.20. The minimum atomic E-state index is 0. The standard InChI is InChI=1S/C29H27NOS.C3H3NS.BrH/c1-4-22-23-12-8-7-11-21(23)18-26(31)25(22)16-19(3)17-28-30(5-2)29-24-13-9-6-10-20(24)14-15-27(29)32-28;1-2-5-3-4-1;/h6-18,31H,4-5H2,1-3H3;1-3H;1H. The summed E-state index contributed by atoms with van der Waals surface area (Å²) in [6.45, 7) is 7.39. The number of thiazole rings is 1. The van der Waals surface area contributed by atoms with Crippen molar-refractivity contribution in [3.05, 3.63) is 112 Å². The highest BCUT2D eigenvalue weighted by molar-refractivity contribution is 8.93. The maximum Gasteiger partial charge on any atom is 0.123 e. The summed E-state index contributed by atoms with van der Waals surface area (Å²) in [7, 11) is 0. The van der Waals surface area contributed by atoms with Crippen LogP contribution in [0.4, 0.5) is 5.69 Å². The Labute approximate surface area is 243 Å². The summed E-state index contributed by atoms with van der Waals surface area (Å²) in [5, 5.41) is 18.8. The predicted octanol–water partition coefficient (Wildman–Crippen LogP) is 9.86. The average molecular weight is 604 g/mol. The number of anilines is 1. The van der Waals surface area contributed by atoms with E-state index in [-0.39, 0.29) is 17.0 Å². The van der Waals surface area contributed by atoms with Gasteiger partial charge in [0, 0.05) is 34.0 Å². The number of hydrogen-bond donors (Lipinski definition) is 1. The van der Waals surface area contributed by atoms with Crippen molar-refractivity contribution >= 4 is 73.4 Å². The smallest absolute Gasteiger partial charge is 0.123 e. The second-order valence-electron chi connectivity index (χ2n) is 8.89. The molecule has 2 heterocycles. The number of nitrogens with zero attached hydrogens (tertiary/aromatic N) is 2. The van der Waals surface area contributed by atoms with E-state index in [0.717, 1.165) is 29.5 Å². The molecular formula is C32H31BrN2OS2. The molecule has 0 unspecified atom stereocenters. The number of phenols is 1. The van der Waals surface area contributed by atoms with E-state index in [1.54, 1.807) is 23.0 Å². The molecule has 0 saturated carbocycles. The number of phenolic OH excluding ortho intramolecular Hbond substituents is 1. The van der Waals surface area contributed by atoms with Crippen molar-refractivity contribution in [1.29, 1.82) is 0 Å². The largest absolute Gasteiger partial charge is 0.507 e. The Morgan fingerprint density at radius 3 is 2.37 bits per heavy atom. The first-order valence-corrected chi connectivity index (χ1v) is 14.3. The lowest BCUT2D eigenvalue weighted by Crippen LogP contribution is -2.16. The van der Waals surface area contributed by atoms with Gasteiger partial charge in [0.25, 0.3) is 0 Å². The van der Waals surface area contributed by atoms with Crippen LogP contribution in [0.25, 0.3) is 27.6 Å². The van der Waals surface area contributed by atoms with E-state index in [9.17, 15) is 5.11 Å². The topological polar surface area (TPSA) is 36.4 Å². The number of rotatable bonds is 4. The van der Waals surface area contributed by atoms with Gasteiger partial charge in [-0.2, -0.15) is 0 Å². The number of thioether (sulfide) groups is 1. The second-order valence-corrected chi connectivity index (χ2v) is 10.7. The summed E-state index contributed by atoms with van der Waals surface area (Å²) < 4.78 is 0. The van der Waals surface area contributed by atoms with Crippen LogP contribution in [0.5, 0.6) is 5.75 Å². The number of halogens is 1. The summed E-state index contributed by atoms with van der Waals surface area (Å²) >= 11 is 3.42. The lowest BCUT2D eigenvalue weighted by atomic mass is 9.95. The van der Waals surface area contributed by atoms with Gasteiger partial charge in [-0.1, -0.05) is 73.3 Å². The number of hydrogen-bond acceptors (Lipinski definition) is 5. The van der Waals surface area contributed by atoms with Crippen molar-refractivity contribution in [2.45, 2.75) is 32.1 Å². The molecule has 0 aliphatic carbocycles. The molecule has 6 rings (SSSR count). The zero-order valence-electron chi connectivity index (χ0n) is 21.7. The molecule has 4 aromatic carbocycles. The SMILES string of the molecule is Br.CCc1c(C=C(C)C=C2Sc3ccc4ccccc4c3N2CC)c(O)cc2ccccc12.c1cscn1. The third-order valence-electron chi connectivity index (χ3n) is 6.53. The number of aromatic nitrogens is 1. The zero-order valence-corrected chi connectivity index (χ0v) is 25.1. The van der Waals surface area contributed by atoms with Crippen LogP contribution in [-0.2, 0) is 6.42 Å². The Hall–Kier alpha value is -3.06. The van der Waals surface area contributed by atoms with Crippen LogP contribution in [-0.4, -0.2) is 16.6 Å². The van der Waals surface area contributed by atoms with Gasteiger partial charge in [0.2, 0.25) is 0 Å². The molecule has 3 nitrogen and oxygen atoms in total. The van der Waals surface area contributed by atoms with E-state index in [2.05, 4.69) is 97.4 Å². The predicted molar refractivity (Wildman–Crippen MR) is 172 cm³/mol. The van der Waals surface area contributed by atoms with Crippen molar-refractivity contribution in [3.63, 3.8) is 0 Å². The van der Waals surface area contributed by atoms with Gasteiger partial charge in [-0.05, 0) is 71.8 Å². The quantitative estimate of drug-likeness (QED) is 0.222.